The average molecular weight is 491 g/mol. The third-order valence-electron chi connectivity index (χ3n) is 4.26. The molecule has 3 unspecified atom stereocenters. The summed E-state index contributed by atoms with van der Waals surface area (Å²) >= 11 is 0. The van der Waals surface area contributed by atoms with Gasteiger partial charge in [0.25, 0.3) is 0 Å². The van der Waals surface area contributed by atoms with E-state index in [0.717, 1.165) is 51.4 Å². The number of phosphoric ester groups is 1. The first kappa shape index (κ1) is 31.9. The van der Waals surface area contributed by atoms with Crippen LogP contribution in [0.3, 0.4) is 0 Å². The molecule has 192 valence electrons. The molecule has 0 aliphatic rings. The third-order valence-corrected chi connectivity index (χ3v) is 5.21. The lowest BCUT2D eigenvalue weighted by Crippen LogP contribution is -2.23. The number of phosphoric acid groups is 1. The van der Waals surface area contributed by atoms with Crippen molar-refractivity contribution in [2.24, 2.45) is 0 Å². The van der Waals surface area contributed by atoms with Crippen LogP contribution >= 0.6 is 7.82 Å². The molecule has 0 bridgehead atoms. The van der Waals surface area contributed by atoms with E-state index in [1.54, 1.807) is 0 Å². The Morgan fingerprint density at radius 1 is 0.758 bits per heavy atom. The van der Waals surface area contributed by atoms with Gasteiger partial charge in [0.1, 0.15) is 12.2 Å². The van der Waals surface area contributed by atoms with Crippen LogP contribution in [0.2, 0.25) is 0 Å². The van der Waals surface area contributed by atoms with E-state index in [1.165, 1.54) is 0 Å². The van der Waals surface area contributed by atoms with Crippen molar-refractivity contribution in [1.29, 1.82) is 0 Å². The predicted octanol–water partition coefficient (Wildman–Crippen LogP) is 4.22. The smallest absolute Gasteiger partial charge is 0.394 e. The highest BCUT2D eigenvalue weighted by Gasteiger charge is 2.24. The summed E-state index contributed by atoms with van der Waals surface area (Å²) in [6.07, 6.45) is 23.0. The zero-order valence-corrected chi connectivity index (χ0v) is 20.7. The molecular weight excluding hydrogens is 447 g/mol. The van der Waals surface area contributed by atoms with E-state index in [1.807, 2.05) is 0 Å². The maximum absolute atomic E-state index is 11.5. The van der Waals surface area contributed by atoms with Crippen LogP contribution in [0, 0.1) is 0 Å². The highest BCUT2D eigenvalue weighted by Crippen LogP contribution is 2.43. The number of unbranched alkanes of at least 4 members (excludes halogenated alkanes) is 3. The van der Waals surface area contributed by atoms with Crippen molar-refractivity contribution in [2.45, 2.75) is 70.5 Å². The van der Waals surface area contributed by atoms with Gasteiger partial charge < -0.3 is 24.9 Å². The van der Waals surface area contributed by atoms with Crippen LogP contribution in [-0.2, 0) is 18.3 Å². The molecule has 3 atom stereocenters. The zero-order valence-electron chi connectivity index (χ0n) is 19.8. The van der Waals surface area contributed by atoms with Crippen molar-refractivity contribution in [2.75, 3.05) is 33.0 Å². The molecule has 0 aromatic heterocycles. The minimum atomic E-state index is -4.39. The van der Waals surface area contributed by atoms with Crippen molar-refractivity contribution < 1.29 is 38.6 Å². The molecule has 0 spiro atoms. The molecule has 0 aromatic carbocycles. The quantitative estimate of drug-likeness (QED) is 0.101. The predicted molar refractivity (Wildman–Crippen MR) is 131 cm³/mol. The summed E-state index contributed by atoms with van der Waals surface area (Å²) in [4.78, 5) is 9.39. The molecule has 0 amide bonds. The maximum atomic E-state index is 11.5. The van der Waals surface area contributed by atoms with E-state index >= 15 is 0 Å². The second-order valence-corrected chi connectivity index (χ2v) is 8.93. The summed E-state index contributed by atoms with van der Waals surface area (Å²) < 4.78 is 26.0. The second kappa shape index (κ2) is 22.7. The van der Waals surface area contributed by atoms with Crippen LogP contribution in [0.25, 0.3) is 0 Å². The van der Waals surface area contributed by atoms with E-state index in [9.17, 15) is 14.6 Å². The molecule has 0 aromatic rings. The Morgan fingerprint density at radius 2 is 1.30 bits per heavy atom. The summed E-state index contributed by atoms with van der Waals surface area (Å²) in [5.74, 6) is 0. The topological polar surface area (TPSA) is 126 Å². The lowest BCUT2D eigenvalue weighted by Gasteiger charge is -2.16. The van der Waals surface area contributed by atoms with Crippen LogP contribution in [0.4, 0.5) is 0 Å². The fourth-order valence-corrected chi connectivity index (χ4v) is 3.25. The minimum absolute atomic E-state index is 0.0177. The van der Waals surface area contributed by atoms with Gasteiger partial charge in [0.05, 0.1) is 26.4 Å². The van der Waals surface area contributed by atoms with Crippen molar-refractivity contribution in [3.63, 3.8) is 0 Å². The summed E-state index contributed by atoms with van der Waals surface area (Å²) in [6, 6.07) is 0. The Hall–Kier alpha value is -1.09. The van der Waals surface area contributed by atoms with Gasteiger partial charge in [-0.2, -0.15) is 0 Å². The lowest BCUT2D eigenvalue weighted by molar-refractivity contribution is -0.00435. The van der Waals surface area contributed by atoms with E-state index in [4.69, 9.17) is 14.9 Å². The van der Waals surface area contributed by atoms with Crippen molar-refractivity contribution in [1.82, 2.24) is 0 Å². The minimum Gasteiger partial charge on any atom is -0.394 e. The van der Waals surface area contributed by atoms with E-state index in [0.29, 0.717) is 6.61 Å². The Kier molecular flexibility index (Phi) is 21.9. The molecular formula is C24H43O8P. The SMILES string of the molecule is CC/C=C\C/C=C\C/C=C\C/C=C\CCCCCOCC(O)COP(=O)(O)OCC(O)CO. The molecule has 0 aliphatic heterocycles. The third kappa shape index (κ3) is 23.9. The Bertz CT molecular complexity index is 603. The number of aliphatic hydroxyl groups excluding tert-OH is 3. The first-order chi connectivity index (χ1) is 15.9. The normalized spacial score (nSPS) is 16.4. The highest BCUT2D eigenvalue weighted by atomic mass is 31.2. The van der Waals surface area contributed by atoms with Crippen LogP contribution < -0.4 is 0 Å². The monoisotopic (exact) mass is 490 g/mol. The zero-order chi connectivity index (χ0) is 24.6. The maximum Gasteiger partial charge on any atom is 0.472 e. The van der Waals surface area contributed by atoms with Gasteiger partial charge in [-0.3, -0.25) is 9.05 Å². The first-order valence-corrected chi connectivity index (χ1v) is 13.2. The molecule has 9 heteroatoms. The van der Waals surface area contributed by atoms with Gasteiger partial charge in [-0.15, -0.1) is 0 Å². The van der Waals surface area contributed by atoms with Gasteiger partial charge in [-0.05, 0) is 44.9 Å². The number of hydrogen-bond donors (Lipinski definition) is 4. The number of rotatable bonds is 22. The van der Waals surface area contributed by atoms with E-state index in [2.05, 4.69) is 64.6 Å². The van der Waals surface area contributed by atoms with Crippen LogP contribution in [0.5, 0.6) is 0 Å². The van der Waals surface area contributed by atoms with Gasteiger partial charge >= 0.3 is 7.82 Å². The molecule has 33 heavy (non-hydrogen) atoms. The summed E-state index contributed by atoms with van der Waals surface area (Å²) in [5, 5.41) is 27.4. The molecule has 4 N–H and O–H groups in total. The molecule has 0 rings (SSSR count). The Balaban J connectivity index is 3.56. The lowest BCUT2D eigenvalue weighted by atomic mass is 10.2. The van der Waals surface area contributed by atoms with Gasteiger partial charge in [-0.1, -0.05) is 62.0 Å². The van der Waals surface area contributed by atoms with Gasteiger partial charge in [-0.25, -0.2) is 4.57 Å². The van der Waals surface area contributed by atoms with Crippen molar-refractivity contribution in [3.8, 4) is 0 Å². The molecule has 0 saturated carbocycles. The highest BCUT2D eigenvalue weighted by molar-refractivity contribution is 7.47. The fourth-order valence-electron chi connectivity index (χ4n) is 2.46. The van der Waals surface area contributed by atoms with E-state index in [-0.39, 0.29) is 6.61 Å². The molecule has 0 saturated heterocycles. The molecule has 0 heterocycles. The molecule has 0 radical (unpaired) electrons. The van der Waals surface area contributed by atoms with E-state index < -0.39 is 39.9 Å². The number of allylic oxidation sites excluding steroid dienone is 8. The summed E-state index contributed by atoms with van der Waals surface area (Å²) in [6.45, 7) is 1.03. The standard InChI is InChI=1S/C24H43O8P/c1-2-3-4-5-6-7-8-9-10-11-12-13-14-15-16-17-18-30-20-24(27)22-32-33(28,29)31-21-23(26)19-25/h3-4,6-7,9-10,12-13,23-27H,2,5,8,11,14-22H2,1H3,(H,28,29)/b4-3-,7-6-,10-9-,13-12-. The fraction of sp³-hybridized carbons (Fsp3) is 0.667. The number of ether oxygens (including phenoxy) is 1. The van der Waals surface area contributed by atoms with Crippen LogP contribution in [0.15, 0.2) is 48.6 Å². The average Bonchev–Trinajstić information content (AvgIpc) is 2.80. The molecule has 0 fully saturated rings. The van der Waals surface area contributed by atoms with Crippen molar-refractivity contribution in [3.05, 3.63) is 48.6 Å². The summed E-state index contributed by atoms with van der Waals surface area (Å²) in [5.41, 5.74) is 0. The first-order valence-electron chi connectivity index (χ1n) is 11.7. The largest absolute Gasteiger partial charge is 0.472 e. The van der Waals surface area contributed by atoms with Gasteiger partial charge in [0.2, 0.25) is 0 Å². The second-order valence-electron chi connectivity index (χ2n) is 7.48. The molecule has 0 aliphatic carbocycles. The molecule has 8 nitrogen and oxygen atoms in total. The van der Waals surface area contributed by atoms with Gasteiger partial charge in [0, 0.05) is 6.61 Å². The van der Waals surface area contributed by atoms with Crippen LogP contribution in [-0.4, -0.2) is 65.5 Å². The Morgan fingerprint density at radius 3 is 1.88 bits per heavy atom. The van der Waals surface area contributed by atoms with Crippen LogP contribution in [0.1, 0.15) is 58.3 Å². The number of aliphatic hydroxyl groups is 3. The Labute approximate surface area is 198 Å². The van der Waals surface area contributed by atoms with Gasteiger partial charge in [0.15, 0.2) is 0 Å². The number of hydrogen-bond acceptors (Lipinski definition) is 7. The summed E-state index contributed by atoms with van der Waals surface area (Å²) in [7, 11) is -4.39. The van der Waals surface area contributed by atoms with Crippen molar-refractivity contribution >= 4 is 7.82 Å².